The van der Waals surface area contributed by atoms with E-state index < -0.39 is 0 Å². The molecule has 2 aromatic rings. The molecule has 33 heavy (non-hydrogen) atoms. The van der Waals surface area contributed by atoms with Gasteiger partial charge < -0.3 is 9.80 Å². The van der Waals surface area contributed by atoms with Crippen molar-refractivity contribution in [1.29, 1.82) is 5.26 Å². The molecule has 4 aliphatic rings. The molecule has 6 rings (SSSR count). The second kappa shape index (κ2) is 8.29. The fourth-order valence-electron chi connectivity index (χ4n) is 5.23. The zero-order valence-corrected chi connectivity index (χ0v) is 19.5. The summed E-state index contributed by atoms with van der Waals surface area (Å²) in [6, 6.07) is 8.56. The lowest BCUT2D eigenvalue weighted by molar-refractivity contribution is -0.135. The maximum absolute atomic E-state index is 12.9. The highest BCUT2D eigenvalue weighted by atomic mass is 35.5. The van der Waals surface area contributed by atoms with Crippen molar-refractivity contribution in [3.05, 3.63) is 51.9 Å². The van der Waals surface area contributed by atoms with Gasteiger partial charge >= 0.3 is 0 Å². The van der Waals surface area contributed by atoms with E-state index >= 15 is 0 Å². The summed E-state index contributed by atoms with van der Waals surface area (Å²) in [6.07, 6.45) is 9.22. The number of nitriles is 1. The number of hydrogen-bond acceptors (Lipinski definition) is 5. The number of piperazine rings is 1. The van der Waals surface area contributed by atoms with Gasteiger partial charge in [0.05, 0.1) is 11.6 Å². The average Bonchev–Trinajstić information content (AvgIpc) is 3.67. The summed E-state index contributed by atoms with van der Waals surface area (Å²) in [6.45, 7) is 2.26. The first-order valence-electron chi connectivity index (χ1n) is 12.2. The predicted octanol–water partition coefficient (Wildman–Crippen LogP) is 4.31. The number of hydrogen-bond donors (Lipinski definition) is 0. The minimum absolute atomic E-state index is 0.253. The molecular weight excluding hydrogens is 434 g/mol. The number of pyridine rings is 2. The molecule has 7 heteroatoms. The Morgan fingerprint density at radius 2 is 1.97 bits per heavy atom. The van der Waals surface area contributed by atoms with Crippen molar-refractivity contribution in [3.8, 4) is 6.07 Å². The van der Waals surface area contributed by atoms with Gasteiger partial charge in [0.15, 0.2) is 0 Å². The summed E-state index contributed by atoms with van der Waals surface area (Å²) in [5.41, 5.74) is 3.94. The second-order valence-electron chi connectivity index (χ2n) is 10.1. The minimum Gasteiger partial charge on any atom is -0.352 e. The molecule has 3 heterocycles. The lowest BCUT2D eigenvalue weighted by atomic mass is 9.99. The molecule has 4 fully saturated rings. The number of nitrogens with zero attached hydrogens (tertiary/aromatic N) is 5. The van der Waals surface area contributed by atoms with Gasteiger partial charge in [0.2, 0.25) is 5.91 Å². The molecule has 2 aromatic heterocycles. The van der Waals surface area contributed by atoms with E-state index in [0.29, 0.717) is 34.9 Å². The SMILES string of the molecule is N#Cc1cc(Cc2ccnc(Cl)c2)c(C2CC2)nc1N1CCN(C(=O)C2CC2)C(C2CC2)C1. The van der Waals surface area contributed by atoms with Crippen LogP contribution in [0.4, 0.5) is 5.82 Å². The molecule has 170 valence electrons. The fraction of sp³-hybridized carbons (Fsp3) is 0.538. The summed E-state index contributed by atoms with van der Waals surface area (Å²) >= 11 is 6.10. The van der Waals surface area contributed by atoms with Crippen LogP contribution in [0.2, 0.25) is 5.15 Å². The van der Waals surface area contributed by atoms with E-state index in [9.17, 15) is 10.1 Å². The molecule has 3 aliphatic carbocycles. The molecule has 1 aliphatic heterocycles. The van der Waals surface area contributed by atoms with E-state index in [0.717, 1.165) is 68.0 Å². The van der Waals surface area contributed by atoms with Crippen LogP contribution in [0.5, 0.6) is 0 Å². The summed E-state index contributed by atoms with van der Waals surface area (Å²) < 4.78 is 0. The van der Waals surface area contributed by atoms with Crippen LogP contribution in [0.1, 0.15) is 66.8 Å². The Hall–Kier alpha value is -2.65. The lowest BCUT2D eigenvalue weighted by Crippen LogP contribution is -2.57. The van der Waals surface area contributed by atoms with Crippen LogP contribution >= 0.6 is 11.6 Å². The molecule has 0 spiro atoms. The van der Waals surface area contributed by atoms with Gasteiger partial charge in [-0.15, -0.1) is 0 Å². The molecule has 1 unspecified atom stereocenters. The van der Waals surface area contributed by atoms with Crippen molar-refractivity contribution in [2.24, 2.45) is 11.8 Å². The molecular formula is C26H28ClN5O. The van der Waals surface area contributed by atoms with Gasteiger partial charge in [-0.3, -0.25) is 4.79 Å². The van der Waals surface area contributed by atoms with E-state index in [4.69, 9.17) is 16.6 Å². The summed E-state index contributed by atoms with van der Waals surface area (Å²) in [5.74, 6) is 2.48. The summed E-state index contributed by atoms with van der Waals surface area (Å²) in [7, 11) is 0. The van der Waals surface area contributed by atoms with Crippen LogP contribution in [0.3, 0.4) is 0 Å². The predicted molar refractivity (Wildman–Crippen MR) is 126 cm³/mol. The highest BCUT2D eigenvalue weighted by Gasteiger charge is 2.45. The Morgan fingerprint density at radius 3 is 2.64 bits per heavy atom. The fourth-order valence-corrected chi connectivity index (χ4v) is 5.43. The monoisotopic (exact) mass is 461 g/mol. The quantitative estimate of drug-likeness (QED) is 0.599. The normalized spacial score (nSPS) is 22.8. The zero-order chi connectivity index (χ0) is 22.5. The summed E-state index contributed by atoms with van der Waals surface area (Å²) in [5, 5.41) is 10.5. The minimum atomic E-state index is 0.253. The Morgan fingerprint density at radius 1 is 1.15 bits per heavy atom. The van der Waals surface area contributed by atoms with Gasteiger partial charge in [0, 0.05) is 43.4 Å². The number of anilines is 1. The van der Waals surface area contributed by atoms with Gasteiger partial charge in [-0.2, -0.15) is 5.26 Å². The highest BCUT2D eigenvalue weighted by Crippen LogP contribution is 2.44. The molecule has 0 bridgehead atoms. The van der Waals surface area contributed by atoms with Crippen molar-refractivity contribution in [2.75, 3.05) is 24.5 Å². The van der Waals surface area contributed by atoms with E-state index in [2.05, 4.69) is 20.9 Å². The largest absolute Gasteiger partial charge is 0.352 e. The third kappa shape index (κ3) is 4.31. The number of carbonyl (C=O) groups is 1. The zero-order valence-electron chi connectivity index (χ0n) is 18.7. The molecule has 0 aromatic carbocycles. The smallest absolute Gasteiger partial charge is 0.226 e. The standard InChI is InChI=1S/C26H28ClN5O/c27-23-12-16(7-8-29-23)11-20-13-21(14-28)25(30-24(20)18-3-4-18)31-9-10-32(26(33)19-5-6-19)22(15-31)17-1-2-17/h7-8,12-13,17-19,22H,1-6,9-11,15H2. The van der Waals surface area contributed by atoms with Crippen LogP contribution in [0, 0.1) is 23.2 Å². The van der Waals surface area contributed by atoms with E-state index in [-0.39, 0.29) is 12.0 Å². The number of carbonyl (C=O) groups excluding carboxylic acids is 1. The van der Waals surface area contributed by atoms with E-state index in [1.54, 1.807) is 6.20 Å². The van der Waals surface area contributed by atoms with Gasteiger partial charge in [-0.05, 0) is 80.2 Å². The maximum Gasteiger partial charge on any atom is 0.226 e. The molecule has 6 nitrogen and oxygen atoms in total. The third-order valence-electron chi connectivity index (χ3n) is 7.48. The van der Waals surface area contributed by atoms with Gasteiger partial charge in [0.25, 0.3) is 0 Å². The highest BCUT2D eigenvalue weighted by molar-refractivity contribution is 6.29. The first kappa shape index (κ1) is 20.9. The molecule has 0 N–H and O–H groups in total. The molecule has 0 radical (unpaired) electrons. The second-order valence-corrected chi connectivity index (χ2v) is 10.5. The van der Waals surface area contributed by atoms with Crippen LogP contribution in [0.15, 0.2) is 24.4 Å². The molecule has 1 amide bonds. The van der Waals surface area contributed by atoms with Crippen LogP contribution in [-0.2, 0) is 11.2 Å². The maximum atomic E-state index is 12.9. The Kier molecular flexibility index (Phi) is 5.25. The van der Waals surface area contributed by atoms with Gasteiger partial charge in [0.1, 0.15) is 17.0 Å². The average molecular weight is 462 g/mol. The first-order chi connectivity index (χ1) is 16.1. The number of rotatable bonds is 6. The Labute approximate surface area is 199 Å². The van der Waals surface area contributed by atoms with Crippen LogP contribution in [0.25, 0.3) is 0 Å². The number of halogens is 1. The topological polar surface area (TPSA) is 73.1 Å². The number of amides is 1. The molecule has 1 saturated heterocycles. The van der Waals surface area contributed by atoms with Crippen molar-refractivity contribution < 1.29 is 4.79 Å². The Balaban J connectivity index is 1.30. The van der Waals surface area contributed by atoms with E-state index in [1.165, 1.54) is 12.8 Å². The van der Waals surface area contributed by atoms with Crippen molar-refractivity contribution in [3.63, 3.8) is 0 Å². The van der Waals surface area contributed by atoms with Crippen molar-refractivity contribution >= 4 is 23.3 Å². The Bertz CT molecular complexity index is 1130. The molecule has 3 saturated carbocycles. The third-order valence-corrected chi connectivity index (χ3v) is 7.69. The number of aromatic nitrogens is 2. The first-order valence-corrected chi connectivity index (χ1v) is 12.6. The van der Waals surface area contributed by atoms with E-state index in [1.807, 2.05) is 18.2 Å². The summed E-state index contributed by atoms with van der Waals surface area (Å²) in [4.78, 5) is 26.5. The van der Waals surface area contributed by atoms with Crippen molar-refractivity contribution in [2.45, 2.75) is 56.9 Å². The van der Waals surface area contributed by atoms with Crippen LogP contribution in [-0.4, -0.2) is 46.5 Å². The molecule has 1 atom stereocenters. The lowest BCUT2D eigenvalue weighted by Gasteiger charge is -2.43. The van der Waals surface area contributed by atoms with Crippen LogP contribution < -0.4 is 4.90 Å². The van der Waals surface area contributed by atoms with Gasteiger partial charge in [-0.1, -0.05) is 11.6 Å². The van der Waals surface area contributed by atoms with Crippen molar-refractivity contribution in [1.82, 2.24) is 14.9 Å². The van der Waals surface area contributed by atoms with Gasteiger partial charge in [-0.25, -0.2) is 9.97 Å².